The van der Waals surface area contributed by atoms with Gasteiger partial charge in [0.2, 0.25) is 5.91 Å². The quantitative estimate of drug-likeness (QED) is 0.463. The van der Waals surface area contributed by atoms with Crippen LogP contribution in [0.3, 0.4) is 0 Å². The molecular formula is C26H38N3O4U-. The van der Waals surface area contributed by atoms with Gasteiger partial charge in [-0.3, -0.25) is 4.79 Å². The van der Waals surface area contributed by atoms with Crippen molar-refractivity contribution in [3.63, 3.8) is 0 Å². The van der Waals surface area contributed by atoms with Gasteiger partial charge in [0.25, 0.3) is 0 Å². The van der Waals surface area contributed by atoms with E-state index in [0.717, 1.165) is 16.8 Å². The fourth-order valence-corrected chi connectivity index (χ4v) is 3.30. The fourth-order valence-electron chi connectivity index (χ4n) is 3.30. The van der Waals surface area contributed by atoms with Gasteiger partial charge in [-0.2, -0.15) is 14.1 Å². The van der Waals surface area contributed by atoms with Crippen LogP contribution < -0.4 is 0 Å². The van der Waals surface area contributed by atoms with Gasteiger partial charge in [-0.05, 0) is 36.0 Å². The minimum absolute atomic E-state index is 0. The van der Waals surface area contributed by atoms with E-state index in [1.165, 1.54) is 0 Å². The second kappa shape index (κ2) is 16.9. The molecule has 7 nitrogen and oxygen atoms in total. The zero-order chi connectivity index (χ0) is 25.0. The molecule has 2 aromatic rings. The van der Waals surface area contributed by atoms with Gasteiger partial charge in [0, 0.05) is 55.8 Å². The number of hydrogen-bond acceptors (Lipinski definition) is 5. The summed E-state index contributed by atoms with van der Waals surface area (Å²) < 4.78 is 5.40. The van der Waals surface area contributed by atoms with E-state index >= 15 is 0 Å². The predicted octanol–water partition coefficient (Wildman–Crippen LogP) is 3.91. The third-order valence-electron chi connectivity index (χ3n) is 5.16. The molecule has 2 heterocycles. The molecule has 34 heavy (non-hydrogen) atoms. The molecule has 2 unspecified atom stereocenters. The number of β-amino-alcohol motifs (C(OH)–C–C–N with tert-alkyl or cyclic N) is 1. The summed E-state index contributed by atoms with van der Waals surface area (Å²) in [7, 11) is 3.50. The summed E-state index contributed by atoms with van der Waals surface area (Å²) in [6.45, 7) is 9.22. The van der Waals surface area contributed by atoms with Crippen molar-refractivity contribution in [3.8, 4) is 12.3 Å². The average Bonchev–Trinajstić information content (AvgIpc) is 3.44. The molecule has 1 aromatic heterocycles. The third-order valence-corrected chi connectivity index (χ3v) is 5.16. The van der Waals surface area contributed by atoms with E-state index in [9.17, 15) is 9.90 Å². The molecule has 2 N–H and O–H groups in total. The summed E-state index contributed by atoms with van der Waals surface area (Å²) in [5.41, 5.74) is 2.61. The van der Waals surface area contributed by atoms with Crippen LogP contribution in [0.5, 0.6) is 0 Å². The molecule has 1 aromatic carbocycles. The molecule has 186 valence electrons. The van der Waals surface area contributed by atoms with Crippen molar-refractivity contribution in [2.45, 2.75) is 58.7 Å². The number of nitrogens with zero attached hydrogens (tertiary/aromatic N) is 3. The Hall–Kier alpha value is -1.61. The molecule has 3 rings (SSSR count). The summed E-state index contributed by atoms with van der Waals surface area (Å²) >= 11 is 0. The van der Waals surface area contributed by atoms with Gasteiger partial charge in [-0.1, -0.05) is 50.9 Å². The zero-order valence-electron chi connectivity index (χ0n) is 21.2. The maximum absolute atomic E-state index is 12.6. The molecule has 0 aliphatic carbocycles. The van der Waals surface area contributed by atoms with E-state index in [4.69, 9.17) is 16.1 Å². The predicted molar refractivity (Wildman–Crippen MR) is 131 cm³/mol. The maximum Gasteiger partial charge on any atom is 0.233 e. The van der Waals surface area contributed by atoms with Crippen molar-refractivity contribution < 1.29 is 50.6 Å². The minimum atomic E-state index is -0.396. The van der Waals surface area contributed by atoms with Crippen LogP contribution in [-0.2, 0) is 11.4 Å². The van der Waals surface area contributed by atoms with Crippen molar-refractivity contribution in [2.75, 3.05) is 27.2 Å². The number of hydrogen-bond donors (Lipinski definition) is 2. The summed E-state index contributed by atoms with van der Waals surface area (Å²) in [6, 6.07) is 9.14. The Balaban J connectivity index is 0.000000654. The maximum atomic E-state index is 12.6. The molecule has 1 aliphatic rings. The molecule has 0 saturated carbocycles. The normalized spacial score (nSPS) is 15.4. The second-order valence-corrected chi connectivity index (χ2v) is 8.70. The number of aliphatic hydroxyl groups excluding tert-OH is 2. The number of aliphatic hydroxyl groups is 2. The number of carbonyl (C=O) groups excluding carboxylic acids is 1. The topological polar surface area (TPSA) is 101 Å². The zero-order valence-corrected chi connectivity index (χ0v) is 25.3. The molecule has 0 spiro atoms. The molecule has 1 fully saturated rings. The SMILES string of the molecule is C#Cc1ccc(CO)cc1.CC(C)c1cc(C(C(=O)N2CCC(O)C2)C(C)C)on1.C[N-]C.[U]. The van der Waals surface area contributed by atoms with Gasteiger partial charge in [-0.25, -0.2) is 0 Å². The Labute approximate surface area is 228 Å². The summed E-state index contributed by atoms with van der Waals surface area (Å²) in [4.78, 5) is 14.4. The monoisotopic (exact) mass is 694 g/mol. The van der Waals surface area contributed by atoms with Crippen LogP contribution in [-0.4, -0.2) is 59.5 Å². The van der Waals surface area contributed by atoms with E-state index in [-0.39, 0.29) is 61.4 Å². The average molecular weight is 695 g/mol. The molecule has 0 bridgehead atoms. The van der Waals surface area contributed by atoms with Gasteiger partial charge in [0.1, 0.15) is 11.7 Å². The molecular weight excluding hydrogens is 656 g/mol. The van der Waals surface area contributed by atoms with Crippen molar-refractivity contribution in [2.24, 2.45) is 5.92 Å². The Kier molecular flexibility index (Phi) is 16.1. The molecule has 0 radical (unpaired) electrons. The first-order valence-electron chi connectivity index (χ1n) is 11.3. The molecule has 2 atom stereocenters. The number of amides is 1. The Morgan fingerprint density at radius 2 is 1.85 bits per heavy atom. The summed E-state index contributed by atoms with van der Waals surface area (Å²) in [5.74, 6) is 3.26. The number of terminal acetylenes is 1. The number of benzene rings is 1. The van der Waals surface area contributed by atoms with E-state index in [2.05, 4.69) is 16.4 Å². The number of likely N-dealkylation sites (tertiary alicyclic amines) is 1. The van der Waals surface area contributed by atoms with Crippen molar-refractivity contribution in [1.82, 2.24) is 10.1 Å². The van der Waals surface area contributed by atoms with E-state index < -0.39 is 6.10 Å². The standard InChI is InChI=1S/C15H24N2O3.C9H8O.C2H6N.U/c1-9(2)12-7-13(20-16-12)14(10(3)4)15(19)17-6-5-11(18)8-17;1-2-8-3-5-9(7-10)6-4-8;1-3-2;/h7,9-11,14,18H,5-6,8H2,1-4H3;1,3-6,10H,7H2;1-2H3;/q;;-1;. The largest absolute Gasteiger partial charge is 0.668 e. The third kappa shape index (κ3) is 10.3. The van der Waals surface area contributed by atoms with Crippen LogP contribution in [0.2, 0.25) is 0 Å². The van der Waals surface area contributed by atoms with Crippen LogP contribution in [0.1, 0.15) is 68.5 Å². The Bertz CT molecular complexity index is 875. The van der Waals surface area contributed by atoms with Crippen molar-refractivity contribution in [1.29, 1.82) is 0 Å². The van der Waals surface area contributed by atoms with Gasteiger partial charge in [0.15, 0.2) is 0 Å². The van der Waals surface area contributed by atoms with E-state index in [1.807, 2.05) is 58.0 Å². The van der Waals surface area contributed by atoms with Crippen LogP contribution >= 0.6 is 0 Å². The first-order chi connectivity index (χ1) is 15.7. The summed E-state index contributed by atoms with van der Waals surface area (Å²) in [5, 5.41) is 25.8. The van der Waals surface area contributed by atoms with E-state index in [0.29, 0.717) is 25.3 Å². The second-order valence-electron chi connectivity index (χ2n) is 8.70. The first kappa shape index (κ1) is 32.4. The molecule has 1 aliphatic heterocycles. The van der Waals surface area contributed by atoms with Gasteiger partial charge < -0.3 is 25.0 Å². The van der Waals surface area contributed by atoms with E-state index in [1.54, 1.807) is 19.0 Å². The Morgan fingerprint density at radius 3 is 2.24 bits per heavy atom. The van der Waals surface area contributed by atoms with Gasteiger partial charge in [0.05, 0.1) is 18.4 Å². The fraction of sp³-hybridized carbons (Fsp3) is 0.538. The number of rotatable bonds is 5. The number of aromatic nitrogens is 1. The van der Waals surface area contributed by atoms with Gasteiger partial charge in [-0.15, -0.1) is 6.42 Å². The van der Waals surface area contributed by atoms with Crippen LogP contribution in [0.4, 0.5) is 0 Å². The van der Waals surface area contributed by atoms with Crippen molar-refractivity contribution in [3.05, 3.63) is 58.2 Å². The number of carbonyl (C=O) groups is 1. The smallest absolute Gasteiger partial charge is 0.233 e. The van der Waals surface area contributed by atoms with Crippen LogP contribution in [0.25, 0.3) is 5.32 Å². The van der Waals surface area contributed by atoms with Crippen LogP contribution in [0, 0.1) is 49.4 Å². The minimum Gasteiger partial charge on any atom is -0.668 e. The first-order valence-corrected chi connectivity index (χ1v) is 11.3. The molecule has 8 heteroatoms. The van der Waals surface area contributed by atoms with Crippen LogP contribution in [0.15, 0.2) is 34.9 Å². The molecule has 1 saturated heterocycles. The Morgan fingerprint density at radius 1 is 1.26 bits per heavy atom. The van der Waals surface area contributed by atoms with Crippen molar-refractivity contribution >= 4 is 5.91 Å². The van der Waals surface area contributed by atoms with Gasteiger partial charge >= 0.3 is 0 Å². The molecule has 1 amide bonds. The summed E-state index contributed by atoms with van der Waals surface area (Å²) in [6.07, 6.45) is 5.39.